The summed E-state index contributed by atoms with van der Waals surface area (Å²) in [5, 5.41) is 20.1. The highest BCUT2D eigenvalue weighted by Crippen LogP contribution is 2.53. The number of benzene rings is 4. The number of hydrogen-bond acceptors (Lipinski definition) is 30. The zero-order valence-electron chi connectivity index (χ0n) is 70.5. The number of esters is 2. The minimum Gasteiger partial charge on any atom is -0.460 e. The number of hydrogen-bond donors (Lipinski definition) is 5. The SMILES string of the molecule is C[C@H](NP(=O)(OC[C@H]1S[C@@H](n2ccc(N)nc2=O)[C@@H](F)[C@@H]1O)Oc1ccccc1)C(=O)OCc1ccccc1.C[C@H]1[C@H](F)[C@H](n2ccc(N(C(=O)OC(C)(C)C)C(=O)OC(C)(C)C)nc2=O)S[C@@H]1CO.C[C@H]1[C@H](F)[C@H](n2ccc(N(C(=O)OC(C)(C)C)C(=O)OC(C)(C)C)nc2=O)S[C@@H]1COP(=O)(N[C@@H](C)C(=O)OCc1ccccc1)Oc1ccccc1. The molecule has 3 aromatic heterocycles. The fraction of sp³-hybridized carbons (Fsp3) is 0.481. The summed E-state index contributed by atoms with van der Waals surface area (Å²) in [4.78, 5) is 127. The van der Waals surface area contributed by atoms with Gasteiger partial charge in [0.1, 0.15) is 99.6 Å². The summed E-state index contributed by atoms with van der Waals surface area (Å²) < 4.78 is 131. The first kappa shape index (κ1) is 98.8. The number of rotatable bonds is 26. The molecular formula is C81H104F3N11O23P2S3. The molecule has 2 unspecified atom stereocenters. The lowest BCUT2D eigenvalue weighted by Gasteiger charge is -2.28. The van der Waals surface area contributed by atoms with Crippen LogP contribution in [-0.2, 0) is 69.4 Å². The third-order valence-electron chi connectivity index (χ3n) is 17.5. The van der Waals surface area contributed by atoms with Gasteiger partial charge in [0.15, 0.2) is 17.8 Å². The van der Waals surface area contributed by atoms with Crippen molar-refractivity contribution in [2.45, 2.75) is 215 Å². The van der Waals surface area contributed by atoms with Crippen molar-refractivity contribution in [3.05, 3.63) is 201 Å². The van der Waals surface area contributed by atoms with Gasteiger partial charge in [0.05, 0.1) is 25.1 Å². The standard InChI is InChI=1S/C36H46FN4O10PS.C25H28FN4O7PS.C20H30FN3O6S/c1-23-27(22-48-52(46,51-26-17-13-10-14-18-26)39-24(2)31(42)47-21-25-15-11-9-12-16-25)53-30(29(23)37)40-20-19-28(38-32(40)43)41(33(44)49-35(3,4)5)34(45)50-36(6,7)8;1-16(24(32)35-14-17-8-4-2-5-9-17)29-38(34,37-18-10-6-3-7-11-18)36-15-19-22(31)21(26)23(39-19)30-13-12-20(27)28-25(30)33;1-11-12(10-25)31-15(14(11)21)23-9-8-13(22-16(23)26)24(17(27)29-19(2,3)4)18(28)30-20(5,6)7/h9-20,23-24,27,29-30H,21-22H2,1-8H3,(H,39,46);2-13,16,19,21-23,31H,14-15H2,1H3,(H,29,34)(H2,27,28,33);8-9,11-12,14-15,25H,10H2,1-7H3/t23-,24+,27-,29+,30-,52?;16-,19+,21-,22+,23+,38?;11-,12-,14+,15-/m101/s1. The largest absolute Gasteiger partial charge is 0.460 e. The van der Waals surface area contributed by atoms with Gasteiger partial charge in [0, 0.05) is 40.9 Å². The highest BCUT2D eigenvalue weighted by molar-refractivity contribution is 8.00. The molecule has 16 atom stereocenters. The lowest BCUT2D eigenvalue weighted by Crippen LogP contribution is -2.45. The van der Waals surface area contributed by atoms with Crippen molar-refractivity contribution in [1.82, 2.24) is 38.8 Å². The molecule has 7 aromatic rings. The number of nitrogens with two attached hydrogens (primary N) is 1. The number of aliphatic hydroxyl groups is 2. The minimum atomic E-state index is -4.27. The molecule has 0 radical (unpaired) electrons. The van der Waals surface area contributed by atoms with Crippen LogP contribution in [-0.4, -0.2) is 170 Å². The number of aromatic nitrogens is 6. The van der Waals surface area contributed by atoms with E-state index in [1.165, 1.54) is 50.6 Å². The first-order valence-electron chi connectivity index (χ1n) is 38.7. The summed E-state index contributed by atoms with van der Waals surface area (Å²) in [7, 11) is -8.52. The van der Waals surface area contributed by atoms with Crippen LogP contribution < -0.4 is 51.8 Å². The molecule has 3 saturated heterocycles. The van der Waals surface area contributed by atoms with Gasteiger partial charge in [-0.1, -0.05) is 111 Å². The number of carbonyl (C=O) groups excluding carboxylic acids is 6. The molecule has 670 valence electrons. The average molecular weight is 1810 g/mol. The average Bonchev–Trinajstić information content (AvgIpc) is 1.68. The number of ether oxygens (including phenoxy) is 6. The van der Waals surface area contributed by atoms with E-state index in [4.69, 9.17) is 52.2 Å². The van der Waals surface area contributed by atoms with E-state index in [1.807, 2.05) is 36.4 Å². The fourth-order valence-corrected chi connectivity index (χ4v) is 19.2. The number of thioether (sulfide) groups is 3. The van der Waals surface area contributed by atoms with Crippen LogP contribution in [0, 0.1) is 11.8 Å². The number of anilines is 3. The van der Waals surface area contributed by atoms with Crippen LogP contribution in [0.4, 0.5) is 49.8 Å². The lowest BCUT2D eigenvalue weighted by atomic mass is 10.0. The molecule has 6 N–H and O–H groups in total. The first-order chi connectivity index (χ1) is 57.5. The second-order valence-corrected chi connectivity index (χ2v) is 39.8. The Morgan fingerprint density at radius 2 is 0.789 bits per heavy atom. The van der Waals surface area contributed by atoms with Crippen molar-refractivity contribution in [3.63, 3.8) is 0 Å². The molecule has 0 aliphatic carbocycles. The van der Waals surface area contributed by atoms with E-state index in [1.54, 1.807) is 182 Å². The van der Waals surface area contributed by atoms with Gasteiger partial charge in [-0.3, -0.25) is 32.3 Å². The van der Waals surface area contributed by atoms with Crippen molar-refractivity contribution in [2.75, 3.05) is 35.4 Å². The van der Waals surface area contributed by atoms with E-state index >= 15 is 4.39 Å². The van der Waals surface area contributed by atoms with E-state index in [9.17, 15) is 71.3 Å². The molecule has 10 rings (SSSR count). The Morgan fingerprint density at radius 1 is 0.480 bits per heavy atom. The van der Waals surface area contributed by atoms with Crippen LogP contribution in [0.2, 0.25) is 0 Å². The van der Waals surface area contributed by atoms with Crippen LogP contribution in [0.5, 0.6) is 11.5 Å². The third-order valence-corrected chi connectivity index (χ3v) is 25.7. The molecule has 0 saturated carbocycles. The van der Waals surface area contributed by atoms with Crippen molar-refractivity contribution in [2.24, 2.45) is 11.8 Å². The number of alkyl halides is 3. The minimum absolute atomic E-state index is 0.00113. The van der Waals surface area contributed by atoms with Gasteiger partial charge < -0.3 is 53.4 Å². The molecule has 4 aromatic carbocycles. The summed E-state index contributed by atoms with van der Waals surface area (Å²) in [5.41, 5.74) is 0.674. The van der Waals surface area contributed by atoms with Crippen LogP contribution in [0.1, 0.15) is 138 Å². The predicted molar refractivity (Wildman–Crippen MR) is 456 cm³/mol. The zero-order valence-corrected chi connectivity index (χ0v) is 74.7. The number of amides is 4. The summed E-state index contributed by atoms with van der Waals surface area (Å²) in [6, 6.07) is 36.0. The second-order valence-electron chi connectivity index (χ2n) is 32.3. The first-order valence-corrected chi connectivity index (χ1v) is 44.6. The van der Waals surface area contributed by atoms with Crippen molar-refractivity contribution >= 4 is 105 Å². The Bertz CT molecular complexity index is 4980. The molecule has 6 heterocycles. The van der Waals surface area contributed by atoms with Gasteiger partial charge >= 0.3 is 68.9 Å². The third kappa shape index (κ3) is 29.0. The Morgan fingerprint density at radius 3 is 1.12 bits per heavy atom. The van der Waals surface area contributed by atoms with Gasteiger partial charge in [0.2, 0.25) is 0 Å². The van der Waals surface area contributed by atoms with E-state index < -0.39 is 173 Å². The Kier molecular flexibility index (Phi) is 34.4. The second kappa shape index (κ2) is 42.9. The van der Waals surface area contributed by atoms with Crippen LogP contribution in [0.3, 0.4) is 0 Å². The lowest BCUT2D eigenvalue weighted by molar-refractivity contribution is -0.147. The van der Waals surface area contributed by atoms with E-state index in [2.05, 4.69) is 25.1 Å². The highest BCUT2D eigenvalue weighted by atomic mass is 32.2. The topological polar surface area (TPSA) is 431 Å². The Balaban J connectivity index is 0.000000238. The number of nitrogens with one attached hydrogen (secondary N) is 2. The number of nitrogens with zero attached hydrogens (tertiary/aromatic N) is 8. The smallest absolute Gasteiger partial charge is 0.459 e. The quantitative estimate of drug-likeness (QED) is 0.0191. The molecule has 0 bridgehead atoms. The molecule has 3 aliphatic heterocycles. The number of halogens is 3. The number of para-hydroxylation sites is 2. The maximum absolute atomic E-state index is 15.9. The molecule has 0 spiro atoms. The number of nitrogen functional groups attached to an aromatic ring is 1. The summed E-state index contributed by atoms with van der Waals surface area (Å²) in [5.74, 6) is -2.86. The van der Waals surface area contributed by atoms with Gasteiger partial charge in [0.25, 0.3) is 0 Å². The van der Waals surface area contributed by atoms with E-state index in [0.717, 1.165) is 60.1 Å². The highest BCUT2D eigenvalue weighted by Gasteiger charge is 2.49. The van der Waals surface area contributed by atoms with Gasteiger partial charge in [-0.15, -0.1) is 35.3 Å². The monoisotopic (exact) mass is 1810 g/mol. The number of aliphatic hydroxyl groups excluding tert-OH is 2. The molecule has 3 fully saturated rings. The van der Waals surface area contributed by atoms with Crippen molar-refractivity contribution in [3.8, 4) is 11.5 Å². The molecular weight excluding hydrogens is 1710 g/mol. The molecule has 4 amide bonds. The van der Waals surface area contributed by atoms with Crippen molar-refractivity contribution < 1.29 is 108 Å². The Hall–Kier alpha value is -9.60. The predicted octanol–water partition coefficient (Wildman–Crippen LogP) is 14.0. The van der Waals surface area contributed by atoms with E-state index in [-0.39, 0.29) is 60.6 Å². The zero-order chi connectivity index (χ0) is 90.9. The number of carbonyl (C=O) groups is 6. The van der Waals surface area contributed by atoms with Gasteiger partial charge in [-0.2, -0.15) is 34.9 Å². The molecule has 42 heteroatoms. The maximum atomic E-state index is 15.9. The molecule has 34 nitrogen and oxygen atoms in total. The van der Waals surface area contributed by atoms with E-state index in [0.29, 0.717) is 9.80 Å². The van der Waals surface area contributed by atoms with Crippen LogP contribution >= 0.6 is 50.8 Å². The summed E-state index contributed by atoms with van der Waals surface area (Å²) in [6.45, 7) is 24.6. The van der Waals surface area contributed by atoms with Crippen LogP contribution in [0.15, 0.2) is 173 Å². The van der Waals surface area contributed by atoms with Gasteiger partial charge in [-0.05, 0) is 151 Å². The summed E-state index contributed by atoms with van der Waals surface area (Å²) in [6.07, 6.45) is -6.93. The summed E-state index contributed by atoms with van der Waals surface area (Å²) >= 11 is 3.10. The molecule has 123 heavy (non-hydrogen) atoms. The van der Waals surface area contributed by atoms with Crippen molar-refractivity contribution in [1.29, 1.82) is 0 Å². The maximum Gasteiger partial charge on any atom is 0.459 e. The normalized spacial score (nSPS) is 22.2. The fourth-order valence-electron chi connectivity index (χ4n) is 11.5. The molecule has 3 aliphatic rings. The van der Waals surface area contributed by atoms with Gasteiger partial charge in [-0.25, -0.2) is 55.9 Å². The Labute approximate surface area is 721 Å². The number of imide groups is 2. The van der Waals surface area contributed by atoms with Crippen LogP contribution in [0.25, 0.3) is 0 Å².